The van der Waals surface area contributed by atoms with E-state index in [2.05, 4.69) is 9.97 Å². The third-order valence-electron chi connectivity index (χ3n) is 4.92. The second-order valence-corrected chi connectivity index (χ2v) is 6.75. The van der Waals surface area contributed by atoms with Gasteiger partial charge in [0.25, 0.3) is 0 Å². The number of nitrogens with two attached hydrogens (primary N) is 1. The minimum absolute atomic E-state index is 0.00413. The largest absolute Gasteiger partial charge is 0.493 e. The predicted molar refractivity (Wildman–Crippen MR) is 107 cm³/mol. The number of rotatable bonds is 7. The average molecular weight is 403 g/mol. The van der Waals surface area contributed by atoms with Crippen molar-refractivity contribution in [1.29, 1.82) is 0 Å². The van der Waals surface area contributed by atoms with Gasteiger partial charge in [0, 0.05) is 50.5 Å². The summed E-state index contributed by atoms with van der Waals surface area (Å²) in [7, 11) is 3.11. The quantitative estimate of drug-likeness (QED) is 0.698. The fourth-order valence-electron chi connectivity index (χ4n) is 3.31. The van der Waals surface area contributed by atoms with E-state index < -0.39 is 5.97 Å². The van der Waals surface area contributed by atoms with E-state index >= 15 is 0 Å². The Morgan fingerprint density at radius 2 is 1.72 bits per heavy atom. The molecule has 29 heavy (non-hydrogen) atoms. The number of carbonyl (C=O) groups excluding carboxylic acids is 1. The van der Waals surface area contributed by atoms with Gasteiger partial charge in [-0.15, -0.1) is 0 Å². The van der Waals surface area contributed by atoms with Crippen molar-refractivity contribution >= 4 is 34.5 Å². The zero-order valence-corrected chi connectivity index (χ0v) is 16.6. The van der Waals surface area contributed by atoms with Gasteiger partial charge in [0.1, 0.15) is 5.82 Å². The molecule has 1 saturated heterocycles. The van der Waals surface area contributed by atoms with E-state index in [4.69, 9.17) is 20.3 Å². The van der Waals surface area contributed by atoms with Crippen molar-refractivity contribution in [1.82, 2.24) is 14.9 Å². The number of carboxylic acid groups (broad SMARTS) is 1. The molecule has 10 nitrogen and oxygen atoms in total. The van der Waals surface area contributed by atoms with Gasteiger partial charge < -0.3 is 30.1 Å². The highest BCUT2D eigenvalue weighted by molar-refractivity contribution is 5.91. The number of nitrogens with zero attached hydrogens (tertiary/aromatic N) is 4. The number of methoxy groups -OCH3 is 2. The molecule has 1 fully saturated rings. The fourth-order valence-corrected chi connectivity index (χ4v) is 3.31. The normalized spacial score (nSPS) is 14.1. The Labute approximate surface area is 168 Å². The predicted octanol–water partition coefficient (Wildman–Crippen LogP) is 1.13. The van der Waals surface area contributed by atoms with Crippen LogP contribution in [0.3, 0.4) is 0 Å². The highest BCUT2D eigenvalue weighted by Gasteiger charge is 2.23. The summed E-state index contributed by atoms with van der Waals surface area (Å²) in [5.74, 6) is 1.04. The number of aromatic nitrogens is 2. The van der Waals surface area contributed by atoms with Gasteiger partial charge in [0.05, 0.1) is 19.7 Å². The van der Waals surface area contributed by atoms with Crippen LogP contribution < -0.4 is 20.1 Å². The topological polar surface area (TPSA) is 131 Å². The highest BCUT2D eigenvalue weighted by atomic mass is 16.5. The van der Waals surface area contributed by atoms with Gasteiger partial charge in [-0.3, -0.25) is 9.59 Å². The van der Waals surface area contributed by atoms with Gasteiger partial charge in [0.2, 0.25) is 11.9 Å². The number of carbonyl (C=O) groups is 2. The zero-order chi connectivity index (χ0) is 21.0. The van der Waals surface area contributed by atoms with Crippen LogP contribution >= 0.6 is 0 Å². The van der Waals surface area contributed by atoms with Crippen molar-refractivity contribution in [3.05, 3.63) is 12.1 Å². The SMILES string of the molecule is COc1cc2nc(N3CCN(C(=O)CCCC(=O)O)CC3)nc(N)c2cc1OC. The minimum Gasteiger partial charge on any atom is -0.493 e. The van der Waals surface area contributed by atoms with E-state index in [1.165, 1.54) is 0 Å². The Hall–Kier alpha value is -3.30. The standard InChI is InChI=1S/C19H25N5O5/c1-28-14-10-12-13(11-15(14)29-2)21-19(22-18(12)20)24-8-6-23(7-9-24)16(25)4-3-5-17(26)27/h10-11H,3-9H2,1-2H3,(H,26,27)(H2,20,21,22). The van der Waals surface area contributed by atoms with Gasteiger partial charge in [-0.1, -0.05) is 0 Å². The summed E-state index contributed by atoms with van der Waals surface area (Å²) in [5.41, 5.74) is 6.80. The molecular weight excluding hydrogens is 378 g/mol. The summed E-state index contributed by atoms with van der Waals surface area (Å²) in [4.78, 5) is 35.6. The summed E-state index contributed by atoms with van der Waals surface area (Å²) in [6, 6.07) is 3.51. The third kappa shape index (κ3) is 4.58. The molecule has 1 aliphatic rings. The Kier molecular flexibility index (Phi) is 6.20. The lowest BCUT2D eigenvalue weighted by atomic mass is 10.2. The number of carboxylic acids is 1. The molecule has 1 aromatic heterocycles. The number of amides is 1. The Morgan fingerprint density at radius 1 is 1.07 bits per heavy atom. The smallest absolute Gasteiger partial charge is 0.303 e. The number of ether oxygens (including phenoxy) is 2. The molecule has 1 amide bonds. The maximum atomic E-state index is 12.2. The monoisotopic (exact) mass is 403 g/mol. The second-order valence-electron chi connectivity index (χ2n) is 6.75. The molecule has 0 saturated carbocycles. The number of anilines is 2. The van der Waals surface area contributed by atoms with Crippen LogP contribution in [-0.2, 0) is 9.59 Å². The number of piperazine rings is 1. The molecule has 0 radical (unpaired) electrons. The minimum atomic E-state index is -0.886. The summed E-state index contributed by atoms with van der Waals surface area (Å²) in [6.45, 7) is 2.20. The van der Waals surface area contributed by atoms with Gasteiger partial charge in [0.15, 0.2) is 11.5 Å². The highest BCUT2D eigenvalue weighted by Crippen LogP contribution is 2.34. The lowest BCUT2D eigenvalue weighted by Gasteiger charge is -2.35. The Balaban J connectivity index is 1.70. The maximum Gasteiger partial charge on any atom is 0.303 e. The summed E-state index contributed by atoms with van der Waals surface area (Å²) in [5, 5.41) is 9.37. The van der Waals surface area contributed by atoms with E-state index in [0.717, 1.165) is 0 Å². The third-order valence-corrected chi connectivity index (χ3v) is 4.92. The number of aliphatic carboxylic acids is 1. The zero-order valence-electron chi connectivity index (χ0n) is 16.6. The molecule has 0 atom stereocenters. The Morgan fingerprint density at radius 3 is 2.34 bits per heavy atom. The number of hydrogen-bond acceptors (Lipinski definition) is 8. The molecule has 3 N–H and O–H groups in total. The molecule has 0 unspecified atom stereocenters. The first-order valence-corrected chi connectivity index (χ1v) is 9.36. The molecule has 156 valence electrons. The van der Waals surface area contributed by atoms with E-state index in [1.54, 1.807) is 31.3 Å². The molecule has 3 rings (SSSR count). The van der Waals surface area contributed by atoms with Crippen LogP contribution in [0, 0.1) is 0 Å². The van der Waals surface area contributed by atoms with Crippen molar-refractivity contribution in [3.8, 4) is 11.5 Å². The molecule has 0 spiro atoms. The number of benzene rings is 1. The van der Waals surface area contributed by atoms with Crippen LogP contribution in [0.5, 0.6) is 11.5 Å². The van der Waals surface area contributed by atoms with Crippen LogP contribution in [0.15, 0.2) is 12.1 Å². The number of hydrogen-bond donors (Lipinski definition) is 2. The van der Waals surface area contributed by atoms with E-state index in [-0.39, 0.29) is 18.7 Å². The number of fused-ring (bicyclic) bond motifs is 1. The summed E-state index contributed by atoms with van der Waals surface area (Å²) < 4.78 is 10.6. The van der Waals surface area contributed by atoms with Gasteiger partial charge in [-0.2, -0.15) is 4.98 Å². The van der Waals surface area contributed by atoms with Crippen LogP contribution in [0.1, 0.15) is 19.3 Å². The molecule has 2 aromatic rings. The molecule has 1 aliphatic heterocycles. The summed E-state index contributed by atoms with van der Waals surface area (Å²) >= 11 is 0. The molecule has 1 aromatic carbocycles. The van der Waals surface area contributed by atoms with E-state index in [0.29, 0.717) is 66.8 Å². The lowest BCUT2D eigenvalue weighted by Crippen LogP contribution is -2.49. The maximum absolute atomic E-state index is 12.2. The molecule has 2 heterocycles. The molecule has 0 aliphatic carbocycles. The average Bonchev–Trinajstić information content (AvgIpc) is 2.72. The van der Waals surface area contributed by atoms with Gasteiger partial charge >= 0.3 is 5.97 Å². The van der Waals surface area contributed by atoms with Crippen molar-refractivity contribution in [2.75, 3.05) is 51.0 Å². The van der Waals surface area contributed by atoms with Crippen molar-refractivity contribution < 1.29 is 24.2 Å². The Bertz CT molecular complexity index is 911. The molecule has 10 heteroatoms. The summed E-state index contributed by atoms with van der Waals surface area (Å²) in [6.07, 6.45) is 0.599. The van der Waals surface area contributed by atoms with Gasteiger partial charge in [-0.25, -0.2) is 4.98 Å². The van der Waals surface area contributed by atoms with Gasteiger partial charge in [-0.05, 0) is 12.5 Å². The second kappa shape index (κ2) is 8.80. The van der Waals surface area contributed by atoms with Crippen molar-refractivity contribution in [2.24, 2.45) is 0 Å². The van der Waals surface area contributed by atoms with Crippen LogP contribution in [0.2, 0.25) is 0 Å². The first-order chi connectivity index (χ1) is 13.9. The number of nitrogen functional groups attached to an aromatic ring is 1. The van der Waals surface area contributed by atoms with Crippen LogP contribution in [-0.4, -0.2) is 72.2 Å². The molecule has 0 bridgehead atoms. The fraction of sp³-hybridized carbons (Fsp3) is 0.474. The van der Waals surface area contributed by atoms with Crippen LogP contribution in [0.4, 0.5) is 11.8 Å². The van der Waals surface area contributed by atoms with Crippen molar-refractivity contribution in [3.63, 3.8) is 0 Å². The van der Waals surface area contributed by atoms with Crippen LogP contribution in [0.25, 0.3) is 10.9 Å². The lowest BCUT2D eigenvalue weighted by molar-refractivity contribution is -0.137. The van der Waals surface area contributed by atoms with Crippen molar-refractivity contribution in [2.45, 2.75) is 19.3 Å². The van der Waals surface area contributed by atoms with E-state index in [1.807, 2.05) is 4.90 Å². The first-order valence-electron chi connectivity index (χ1n) is 9.36. The first kappa shape index (κ1) is 20.4. The molecular formula is C19H25N5O5. The van der Waals surface area contributed by atoms with E-state index in [9.17, 15) is 9.59 Å².